The molecule has 0 spiro atoms. The summed E-state index contributed by atoms with van der Waals surface area (Å²) in [5, 5.41) is 0. The van der Waals surface area contributed by atoms with Crippen molar-refractivity contribution >= 4 is 29.3 Å². The van der Waals surface area contributed by atoms with Crippen LogP contribution in [-0.4, -0.2) is 36.5 Å². The molecule has 1 aromatic heterocycles. The standard InChI is InChI=1S/C15H19NO3S/c1-11-6-7-12(20-11)8-9-14(17)16-10-4-3-5-13(16)15(18)19-2/h6-9,13H,3-5,10H2,1-2H3/b9-8-/t13-/m1/s1. The van der Waals surface area contributed by atoms with E-state index < -0.39 is 6.04 Å². The summed E-state index contributed by atoms with van der Waals surface area (Å²) in [6.07, 6.45) is 5.93. The predicted octanol–water partition coefficient (Wildman–Crippen LogP) is 2.62. The van der Waals surface area contributed by atoms with E-state index in [1.54, 1.807) is 22.3 Å². The van der Waals surface area contributed by atoms with E-state index >= 15 is 0 Å². The van der Waals surface area contributed by atoms with Crippen molar-refractivity contribution in [3.05, 3.63) is 28.0 Å². The van der Waals surface area contributed by atoms with Crippen LogP contribution in [0, 0.1) is 6.92 Å². The van der Waals surface area contributed by atoms with Gasteiger partial charge in [0.1, 0.15) is 6.04 Å². The number of hydrogen-bond donors (Lipinski definition) is 0. The van der Waals surface area contributed by atoms with Gasteiger partial charge in [0.15, 0.2) is 0 Å². The van der Waals surface area contributed by atoms with E-state index in [1.807, 2.05) is 25.1 Å². The Kier molecular flexibility index (Phi) is 4.95. The van der Waals surface area contributed by atoms with Crippen LogP contribution in [0.25, 0.3) is 6.08 Å². The molecular weight excluding hydrogens is 274 g/mol. The molecule has 1 atom stereocenters. The number of nitrogens with zero attached hydrogens (tertiary/aromatic N) is 1. The third kappa shape index (κ3) is 3.48. The van der Waals surface area contributed by atoms with E-state index in [-0.39, 0.29) is 11.9 Å². The number of esters is 1. The Balaban J connectivity index is 2.06. The predicted molar refractivity (Wildman–Crippen MR) is 79.5 cm³/mol. The number of thiophene rings is 1. The van der Waals surface area contributed by atoms with Crippen LogP contribution in [0.3, 0.4) is 0 Å². The van der Waals surface area contributed by atoms with Gasteiger partial charge in [-0.05, 0) is 44.4 Å². The minimum absolute atomic E-state index is 0.119. The van der Waals surface area contributed by atoms with E-state index in [0.717, 1.165) is 17.7 Å². The minimum atomic E-state index is -0.434. The minimum Gasteiger partial charge on any atom is -0.467 e. The number of carbonyl (C=O) groups excluding carboxylic acids is 2. The molecule has 1 amide bonds. The Morgan fingerprint density at radius 3 is 2.85 bits per heavy atom. The van der Waals surface area contributed by atoms with Crippen LogP contribution in [0.5, 0.6) is 0 Å². The fourth-order valence-electron chi connectivity index (χ4n) is 2.37. The molecule has 0 aromatic carbocycles. The summed E-state index contributed by atoms with van der Waals surface area (Å²) < 4.78 is 4.78. The number of amides is 1. The van der Waals surface area contributed by atoms with Crippen LogP contribution in [-0.2, 0) is 14.3 Å². The van der Waals surface area contributed by atoms with Crippen LogP contribution in [0.2, 0.25) is 0 Å². The third-order valence-corrected chi connectivity index (χ3v) is 4.38. The van der Waals surface area contributed by atoms with Gasteiger partial charge in [-0.25, -0.2) is 4.79 Å². The molecule has 0 unspecified atom stereocenters. The summed E-state index contributed by atoms with van der Waals surface area (Å²) in [6, 6.07) is 3.57. The van der Waals surface area contributed by atoms with Crippen LogP contribution < -0.4 is 0 Å². The lowest BCUT2D eigenvalue weighted by atomic mass is 10.0. The average molecular weight is 293 g/mol. The first-order chi connectivity index (χ1) is 9.61. The molecule has 1 fully saturated rings. The molecular formula is C15H19NO3S. The van der Waals surface area contributed by atoms with Crippen LogP contribution in [0.4, 0.5) is 0 Å². The van der Waals surface area contributed by atoms with Gasteiger partial charge in [0.2, 0.25) is 5.91 Å². The van der Waals surface area contributed by atoms with Gasteiger partial charge in [0.05, 0.1) is 7.11 Å². The zero-order valence-electron chi connectivity index (χ0n) is 11.8. The summed E-state index contributed by atoms with van der Waals surface area (Å²) in [5.74, 6) is -0.440. The van der Waals surface area contributed by atoms with Crippen molar-refractivity contribution in [1.29, 1.82) is 0 Å². The molecule has 4 nitrogen and oxygen atoms in total. The molecule has 2 heterocycles. The van der Waals surface area contributed by atoms with Crippen molar-refractivity contribution < 1.29 is 14.3 Å². The summed E-state index contributed by atoms with van der Waals surface area (Å²) in [6.45, 7) is 2.65. The fraction of sp³-hybridized carbons (Fsp3) is 0.467. The van der Waals surface area contributed by atoms with Gasteiger partial charge in [-0.1, -0.05) is 0 Å². The quantitative estimate of drug-likeness (QED) is 0.636. The number of rotatable bonds is 3. The number of methoxy groups -OCH3 is 1. The SMILES string of the molecule is COC(=O)[C@H]1CCCCN1C(=O)/C=C\c1ccc(C)s1. The van der Waals surface area contributed by atoms with Crippen LogP contribution in [0.15, 0.2) is 18.2 Å². The Hall–Kier alpha value is -1.62. The van der Waals surface area contributed by atoms with Gasteiger partial charge in [0.25, 0.3) is 0 Å². The molecule has 2 rings (SSSR count). The molecule has 1 aliphatic rings. The Labute approximate surface area is 123 Å². The van der Waals surface area contributed by atoms with Crippen molar-refractivity contribution in [2.24, 2.45) is 0 Å². The molecule has 20 heavy (non-hydrogen) atoms. The summed E-state index contributed by atoms with van der Waals surface area (Å²) in [7, 11) is 1.36. The van der Waals surface area contributed by atoms with E-state index in [2.05, 4.69) is 0 Å². The van der Waals surface area contributed by atoms with E-state index in [9.17, 15) is 9.59 Å². The van der Waals surface area contributed by atoms with Gasteiger partial charge in [-0.3, -0.25) is 4.79 Å². The molecule has 108 valence electrons. The fourth-order valence-corrected chi connectivity index (χ4v) is 3.15. The highest BCUT2D eigenvalue weighted by molar-refractivity contribution is 7.12. The second-order valence-electron chi connectivity index (χ2n) is 4.85. The average Bonchev–Trinajstić information content (AvgIpc) is 2.89. The maximum atomic E-state index is 12.2. The van der Waals surface area contributed by atoms with Crippen LogP contribution in [0.1, 0.15) is 29.0 Å². The highest BCUT2D eigenvalue weighted by Crippen LogP contribution is 2.20. The lowest BCUT2D eigenvalue weighted by Gasteiger charge is -2.32. The van der Waals surface area contributed by atoms with Crippen molar-refractivity contribution in [2.75, 3.05) is 13.7 Å². The Morgan fingerprint density at radius 2 is 2.20 bits per heavy atom. The Bertz CT molecular complexity index is 521. The van der Waals surface area contributed by atoms with E-state index in [4.69, 9.17) is 4.74 Å². The topological polar surface area (TPSA) is 46.6 Å². The van der Waals surface area contributed by atoms with Crippen molar-refractivity contribution in [2.45, 2.75) is 32.2 Å². The lowest BCUT2D eigenvalue weighted by molar-refractivity contribution is -0.153. The number of likely N-dealkylation sites (tertiary alicyclic amines) is 1. The normalized spacial score (nSPS) is 19.3. The molecule has 1 aromatic rings. The molecule has 1 saturated heterocycles. The molecule has 1 aliphatic heterocycles. The highest BCUT2D eigenvalue weighted by Gasteiger charge is 2.31. The van der Waals surface area contributed by atoms with Crippen molar-refractivity contribution in [3.63, 3.8) is 0 Å². The number of hydrogen-bond acceptors (Lipinski definition) is 4. The van der Waals surface area contributed by atoms with Crippen molar-refractivity contribution in [3.8, 4) is 0 Å². The zero-order chi connectivity index (χ0) is 14.5. The molecule has 0 N–H and O–H groups in total. The monoisotopic (exact) mass is 293 g/mol. The summed E-state index contributed by atoms with van der Waals surface area (Å²) in [4.78, 5) is 27.8. The first kappa shape index (κ1) is 14.8. The van der Waals surface area contributed by atoms with E-state index in [1.165, 1.54) is 12.0 Å². The van der Waals surface area contributed by atoms with Gasteiger partial charge < -0.3 is 9.64 Å². The third-order valence-electron chi connectivity index (χ3n) is 3.41. The second kappa shape index (κ2) is 6.70. The smallest absolute Gasteiger partial charge is 0.328 e. The zero-order valence-corrected chi connectivity index (χ0v) is 12.6. The molecule has 0 radical (unpaired) electrons. The number of ether oxygens (including phenoxy) is 1. The maximum absolute atomic E-state index is 12.2. The molecule has 0 saturated carbocycles. The Morgan fingerprint density at radius 1 is 1.40 bits per heavy atom. The second-order valence-corrected chi connectivity index (χ2v) is 6.17. The maximum Gasteiger partial charge on any atom is 0.328 e. The van der Waals surface area contributed by atoms with Crippen LogP contribution >= 0.6 is 11.3 Å². The number of aryl methyl sites for hydroxylation is 1. The highest BCUT2D eigenvalue weighted by atomic mass is 32.1. The first-order valence-corrected chi connectivity index (χ1v) is 7.56. The van der Waals surface area contributed by atoms with Gasteiger partial charge >= 0.3 is 5.97 Å². The number of carbonyl (C=O) groups is 2. The van der Waals surface area contributed by atoms with Gasteiger partial charge in [0, 0.05) is 22.4 Å². The van der Waals surface area contributed by atoms with E-state index in [0.29, 0.717) is 13.0 Å². The number of piperidine rings is 1. The lowest BCUT2D eigenvalue weighted by Crippen LogP contribution is -2.47. The largest absolute Gasteiger partial charge is 0.467 e. The molecule has 0 aliphatic carbocycles. The summed E-state index contributed by atoms with van der Waals surface area (Å²) in [5.41, 5.74) is 0. The summed E-state index contributed by atoms with van der Waals surface area (Å²) >= 11 is 1.64. The van der Waals surface area contributed by atoms with Crippen molar-refractivity contribution in [1.82, 2.24) is 4.90 Å². The molecule has 5 heteroatoms. The van der Waals surface area contributed by atoms with Gasteiger partial charge in [-0.15, -0.1) is 11.3 Å². The molecule has 0 bridgehead atoms. The van der Waals surface area contributed by atoms with Gasteiger partial charge in [-0.2, -0.15) is 0 Å². The first-order valence-electron chi connectivity index (χ1n) is 6.75.